The first-order chi connectivity index (χ1) is 19.3. The van der Waals surface area contributed by atoms with Crippen LogP contribution in [-0.4, -0.2) is 11.2 Å². The molecular weight excluding hydrogens is 511 g/mol. The minimum absolute atomic E-state index is 0.981. The molecule has 2 heterocycles. The van der Waals surface area contributed by atoms with E-state index < -0.39 is 0 Å². The molecule has 0 spiro atoms. The zero-order valence-corrected chi connectivity index (χ0v) is 23.1. The lowest BCUT2D eigenvalue weighted by atomic mass is 9.99. The molecule has 0 aliphatic carbocycles. The standard InChI is InChI=1S/C36H25NS2/c1-38-34-14-4-2-10-29(34)24-16-18-25(19-17-24)32-12-7-13-33(37-32)28-9-6-8-26(22-28)27-20-21-31-30-11-3-5-15-35(30)39-36(31)23-27/h2-23H,1H3. The molecule has 0 bridgehead atoms. The predicted octanol–water partition coefficient (Wildman–Crippen LogP) is 10.8. The van der Waals surface area contributed by atoms with Crippen LogP contribution in [0.2, 0.25) is 0 Å². The van der Waals surface area contributed by atoms with Gasteiger partial charge in [-0.25, -0.2) is 4.98 Å². The predicted molar refractivity (Wildman–Crippen MR) is 171 cm³/mol. The lowest BCUT2D eigenvalue weighted by Gasteiger charge is -2.10. The maximum Gasteiger partial charge on any atom is 0.0709 e. The lowest BCUT2D eigenvalue weighted by Crippen LogP contribution is -1.89. The monoisotopic (exact) mass is 535 g/mol. The van der Waals surface area contributed by atoms with Crippen molar-refractivity contribution in [3.63, 3.8) is 0 Å². The molecule has 39 heavy (non-hydrogen) atoms. The third kappa shape index (κ3) is 4.54. The van der Waals surface area contributed by atoms with Crippen LogP contribution in [0, 0.1) is 0 Å². The normalized spacial score (nSPS) is 11.3. The van der Waals surface area contributed by atoms with Crippen molar-refractivity contribution < 1.29 is 0 Å². The summed E-state index contributed by atoms with van der Waals surface area (Å²) in [4.78, 5) is 6.35. The van der Waals surface area contributed by atoms with E-state index in [1.165, 1.54) is 47.3 Å². The second kappa shape index (κ2) is 10.2. The number of nitrogens with zero attached hydrogens (tertiary/aromatic N) is 1. The molecule has 1 nitrogen and oxygen atoms in total. The van der Waals surface area contributed by atoms with Crippen molar-refractivity contribution in [1.82, 2.24) is 4.98 Å². The van der Waals surface area contributed by atoms with E-state index in [0.29, 0.717) is 0 Å². The molecule has 3 heteroatoms. The number of fused-ring (bicyclic) bond motifs is 3. The van der Waals surface area contributed by atoms with Gasteiger partial charge in [0.2, 0.25) is 0 Å². The zero-order chi connectivity index (χ0) is 26.2. The first-order valence-corrected chi connectivity index (χ1v) is 15.0. The van der Waals surface area contributed by atoms with Gasteiger partial charge in [-0.2, -0.15) is 0 Å². The van der Waals surface area contributed by atoms with Gasteiger partial charge in [0.25, 0.3) is 0 Å². The Hall–Kier alpha value is -4.18. The quantitative estimate of drug-likeness (QED) is 0.203. The van der Waals surface area contributed by atoms with Gasteiger partial charge < -0.3 is 0 Å². The Bertz CT molecular complexity index is 1950. The summed E-state index contributed by atoms with van der Waals surface area (Å²) < 4.78 is 2.66. The molecule has 2 aromatic heterocycles. The summed E-state index contributed by atoms with van der Waals surface area (Å²) in [6, 6.07) is 47.8. The van der Waals surface area contributed by atoms with Crippen LogP contribution >= 0.6 is 23.1 Å². The van der Waals surface area contributed by atoms with E-state index >= 15 is 0 Å². The van der Waals surface area contributed by atoms with Gasteiger partial charge in [-0.15, -0.1) is 23.1 Å². The van der Waals surface area contributed by atoms with Crippen LogP contribution in [-0.2, 0) is 0 Å². The summed E-state index contributed by atoms with van der Waals surface area (Å²) >= 11 is 3.64. The number of thiophene rings is 1. The highest BCUT2D eigenvalue weighted by molar-refractivity contribution is 7.98. The van der Waals surface area contributed by atoms with Crippen LogP contribution in [0.1, 0.15) is 0 Å². The Morgan fingerprint density at radius 1 is 0.487 bits per heavy atom. The molecule has 0 saturated heterocycles. The number of pyridine rings is 1. The van der Waals surface area contributed by atoms with Crippen LogP contribution < -0.4 is 0 Å². The van der Waals surface area contributed by atoms with Gasteiger partial charge in [0.05, 0.1) is 11.4 Å². The lowest BCUT2D eigenvalue weighted by molar-refractivity contribution is 1.32. The first kappa shape index (κ1) is 23.9. The SMILES string of the molecule is CSc1ccccc1-c1ccc(-c2cccc(-c3cccc(-c4ccc5c(c4)sc4ccccc45)c3)n2)cc1. The number of rotatable bonds is 5. The van der Waals surface area contributed by atoms with E-state index in [4.69, 9.17) is 4.98 Å². The fraction of sp³-hybridized carbons (Fsp3) is 0.0278. The Kier molecular flexibility index (Phi) is 6.24. The van der Waals surface area contributed by atoms with Crippen molar-refractivity contribution in [1.29, 1.82) is 0 Å². The molecule has 0 saturated carbocycles. The topological polar surface area (TPSA) is 12.9 Å². The van der Waals surface area contributed by atoms with E-state index in [2.05, 4.69) is 140 Å². The fourth-order valence-corrected chi connectivity index (χ4v) is 6.99. The van der Waals surface area contributed by atoms with Gasteiger partial charge in [-0.05, 0) is 64.9 Å². The Morgan fingerprint density at radius 3 is 2.00 bits per heavy atom. The average Bonchev–Trinajstić information content (AvgIpc) is 3.39. The van der Waals surface area contributed by atoms with E-state index in [9.17, 15) is 0 Å². The zero-order valence-electron chi connectivity index (χ0n) is 21.5. The van der Waals surface area contributed by atoms with Gasteiger partial charge in [0.15, 0.2) is 0 Å². The molecule has 0 aliphatic rings. The number of thioether (sulfide) groups is 1. The van der Waals surface area contributed by atoms with Gasteiger partial charge >= 0.3 is 0 Å². The molecule has 5 aromatic carbocycles. The molecule has 0 atom stereocenters. The number of hydrogen-bond acceptors (Lipinski definition) is 3. The molecular formula is C36H25NS2. The van der Waals surface area contributed by atoms with Crippen molar-refractivity contribution in [3.8, 4) is 44.8 Å². The van der Waals surface area contributed by atoms with Crippen LogP contribution in [0.5, 0.6) is 0 Å². The maximum atomic E-state index is 5.06. The molecule has 0 N–H and O–H groups in total. The van der Waals surface area contributed by atoms with Gasteiger partial charge in [0, 0.05) is 36.2 Å². The maximum absolute atomic E-state index is 5.06. The second-order valence-corrected chi connectivity index (χ2v) is 11.5. The third-order valence-corrected chi connectivity index (χ3v) is 9.15. The van der Waals surface area contributed by atoms with Crippen LogP contribution in [0.25, 0.3) is 64.9 Å². The first-order valence-electron chi connectivity index (χ1n) is 13.0. The highest BCUT2D eigenvalue weighted by atomic mass is 32.2. The largest absolute Gasteiger partial charge is 0.248 e. The van der Waals surface area contributed by atoms with E-state index in [0.717, 1.165) is 22.5 Å². The highest BCUT2D eigenvalue weighted by Crippen LogP contribution is 2.37. The summed E-state index contributed by atoms with van der Waals surface area (Å²) in [5.74, 6) is 0. The molecule has 0 fully saturated rings. The molecule has 0 radical (unpaired) electrons. The van der Waals surface area contributed by atoms with E-state index in [1.807, 2.05) is 11.3 Å². The number of hydrogen-bond donors (Lipinski definition) is 0. The molecule has 7 rings (SSSR count). The minimum atomic E-state index is 0.981. The molecule has 0 unspecified atom stereocenters. The van der Waals surface area contributed by atoms with Crippen LogP contribution in [0.3, 0.4) is 0 Å². The number of benzene rings is 5. The molecule has 7 aromatic rings. The smallest absolute Gasteiger partial charge is 0.0709 e. The van der Waals surface area contributed by atoms with Crippen LogP contribution in [0.15, 0.2) is 138 Å². The summed E-state index contributed by atoms with van der Waals surface area (Å²) in [5, 5.41) is 2.66. The summed E-state index contributed by atoms with van der Waals surface area (Å²) in [5.41, 5.74) is 9.13. The van der Waals surface area contributed by atoms with Crippen molar-refractivity contribution in [2.45, 2.75) is 4.90 Å². The molecule has 186 valence electrons. The van der Waals surface area contributed by atoms with Gasteiger partial charge in [-0.3, -0.25) is 0 Å². The van der Waals surface area contributed by atoms with Crippen LogP contribution in [0.4, 0.5) is 0 Å². The van der Waals surface area contributed by atoms with Crippen molar-refractivity contribution >= 4 is 43.3 Å². The average molecular weight is 536 g/mol. The van der Waals surface area contributed by atoms with Crippen molar-refractivity contribution in [2.24, 2.45) is 0 Å². The van der Waals surface area contributed by atoms with Gasteiger partial charge in [0.1, 0.15) is 0 Å². The molecule has 0 aliphatic heterocycles. The van der Waals surface area contributed by atoms with E-state index in [1.54, 1.807) is 11.8 Å². The second-order valence-electron chi connectivity index (χ2n) is 9.58. The highest BCUT2D eigenvalue weighted by Gasteiger charge is 2.10. The van der Waals surface area contributed by atoms with Crippen molar-refractivity contribution in [2.75, 3.05) is 6.26 Å². The summed E-state index contributed by atoms with van der Waals surface area (Å²) in [6.45, 7) is 0. The Morgan fingerprint density at radius 2 is 1.13 bits per heavy atom. The summed E-state index contributed by atoms with van der Waals surface area (Å²) in [7, 11) is 0. The van der Waals surface area contributed by atoms with Gasteiger partial charge in [-0.1, -0.05) is 97.1 Å². The summed E-state index contributed by atoms with van der Waals surface area (Å²) in [6.07, 6.45) is 2.12. The third-order valence-electron chi connectivity index (χ3n) is 7.22. The Balaban J connectivity index is 1.21. The van der Waals surface area contributed by atoms with E-state index in [-0.39, 0.29) is 0 Å². The molecule has 0 amide bonds. The fourth-order valence-electron chi connectivity index (χ4n) is 5.22. The number of aromatic nitrogens is 1. The Labute approximate surface area is 236 Å². The van der Waals surface area contributed by atoms with Crippen molar-refractivity contribution in [3.05, 3.63) is 133 Å². The minimum Gasteiger partial charge on any atom is -0.248 e.